The van der Waals surface area contributed by atoms with Crippen LogP contribution >= 0.6 is 0 Å². The van der Waals surface area contributed by atoms with Crippen LogP contribution in [0.4, 0.5) is 0 Å². The maximum atomic E-state index is 12.6. The Morgan fingerprint density at radius 2 is 1.93 bits per heavy atom. The molecule has 0 fully saturated rings. The molecule has 2 aromatic heterocycles. The lowest BCUT2D eigenvalue weighted by molar-refractivity contribution is 0.104. The lowest BCUT2D eigenvalue weighted by Gasteiger charge is -2.03. The number of ketones is 1. The standard InChI is InChI=1S/C23H18N2O2/c1-27-19-9-5-6-17(14-19)10-11-23(26)20-12-13-25-16-21(24-15-22(20)25)18-7-3-2-4-8-18/h2-16H,1H3/b11-10+. The van der Waals surface area contributed by atoms with Crippen molar-refractivity contribution >= 4 is 17.4 Å². The van der Waals surface area contributed by atoms with E-state index in [2.05, 4.69) is 4.98 Å². The largest absolute Gasteiger partial charge is 0.497 e. The van der Waals surface area contributed by atoms with Crippen molar-refractivity contribution in [3.05, 3.63) is 96.5 Å². The number of allylic oxidation sites excluding steroid dienone is 1. The number of hydrogen-bond donors (Lipinski definition) is 0. The number of fused-ring (bicyclic) bond motifs is 1. The Balaban J connectivity index is 1.61. The van der Waals surface area contributed by atoms with E-state index in [1.807, 2.05) is 77.5 Å². The summed E-state index contributed by atoms with van der Waals surface area (Å²) in [7, 11) is 1.62. The molecule has 4 heteroatoms. The molecule has 0 aliphatic heterocycles. The van der Waals surface area contributed by atoms with Gasteiger partial charge in [-0.15, -0.1) is 0 Å². The lowest BCUT2D eigenvalue weighted by atomic mass is 10.1. The van der Waals surface area contributed by atoms with E-state index < -0.39 is 0 Å². The van der Waals surface area contributed by atoms with Gasteiger partial charge in [-0.2, -0.15) is 0 Å². The first-order chi connectivity index (χ1) is 13.2. The third-order valence-electron chi connectivity index (χ3n) is 4.40. The predicted molar refractivity (Wildman–Crippen MR) is 107 cm³/mol. The minimum Gasteiger partial charge on any atom is -0.497 e. The molecule has 0 aliphatic carbocycles. The summed E-state index contributed by atoms with van der Waals surface area (Å²) in [5.74, 6) is 0.700. The average Bonchev–Trinajstić information content (AvgIpc) is 3.16. The molecule has 4 aromatic rings. The van der Waals surface area contributed by atoms with Gasteiger partial charge in [0.15, 0.2) is 5.78 Å². The molecule has 2 aromatic carbocycles. The van der Waals surface area contributed by atoms with E-state index in [-0.39, 0.29) is 5.78 Å². The molecule has 27 heavy (non-hydrogen) atoms. The molecule has 4 nitrogen and oxygen atoms in total. The second kappa shape index (κ2) is 7.30. The van der Waals surface area contributed by atoms with Gasteiger partial charge in [0, 0.05) is 23.5 Å². The number of benzene rings is 2. The van der Waals surface area contributed by atoms with Crippen LogP contribution in [0.3, 0.4) is 0 Å². The summed E-state index contributed by atoms with van der Waals surface area (Å²) in [6, 6.07) is 19.4. The number of methoxy groups -OCH3 is 1. The second-order valence-electron chi connectivity index (χ2n) is 6.13. The van der Waals surface area contributed by atoms with E-state index in [9.17, 15) is 4.79 Å². The SMILES string of the molecule is COc1cccc(/C=C/C(=O)c2ccn3cc(-c4ccccc4)ncc23)c1. The molecule has 0 radical (unpaired) electrons. The fourth-order valence-corrected chi connectivity index (χ4v) is 2.98. The Morgan fingerprint density at radius 3 is 2.74 bits per heavy atom. The molecule has 0 amide bonds. The van der Waals surface area contributed by atoms with Gasteiger partial charge in [-0.1, -0.05) is 48.5 Å². The zero-order valence-electron chi connectivity index (χ0n) is 14.9. The number of carbonyl (C=O) groups is 1. The summed E-state index contributed by atoms with van der Waals surface area (Å²) >= 11 is 0. The summed E-state index contributed by atoms with van der Waals surface area (Å²) in [5, 5.41) is 0. The Kier molecular flexibility index (Phi) is 4.54. The topological polar surface area (TPSA) is 43.6 Å². The van der Waals surface area contributed by atoms with Gasteiger partial charge in [0.1, 0.15) is 5.75 Å². The summed E-state index contributed by atoms with van der Waals surface area (Å²) in [5.41, 5.74) is 4.23. The highest BCUT2D eigenvalue weighted by molar-refractivity contribution is 6.11. The molecule has 2 heterocycles. The highest BCUT2D eigenvalue weighted by atomic mass is 16.5. The van der Waals surface area contributed by atoms with E-state index in [0.717, 1.165) is 28.1 Å². The molecule has 0 N–H and O–H groups in total. The number of carbonyl (C=O) groups excluding carboxylic acids is 1. The van der Waals surface area contributed by atoms with Gasteiger partial charge < -0.3 is 9.14 Å². The Morgan fingerprint density at radius 1 is 1.07 bits per heavy atom. The predicted octanol–water partition coefficient (Wildman–Crippen LogP) is 4.91. The van der Waals surface area contributed by atoms with Crippen molar-refractivity contribution in [1.29, 1.82) is 0 Å². The van der Waals surface area contributed by atoms with E-state index in [4.69, 9.17) is 4.74 Å². The van der Waals surface area contributed by atoms with Gasteiger partial charge in [-0.05, 0) is 29.8 Å². The van der Waals surface area contributed by atoms with Crippen LogP contribution in [0.5, 0.6) is 5.75 Å². The van der Waals surface area contributed by atoms with E-state index in [1.54, 1.807) is 25.5 Å². The van der Waals surface area contributed by atoms with Gasteiger partial charge in [0.05, 0.1) is 24.5 Å². The van der Waals surface area contributed by atoms with Crippen LogP contribution in [0.25, 0.3) is 22.9 Å². The first-order valence-corrected chi connectivity index (χ1v) is 8.63. The third kappa shape index (κ3) is 3.51. The van der Waals surface area contributed by atoms with Crippen LogP contribution in [-0.2, 0) is 0 Å². The summed E-state index contributed by atoms with van der Waals surface area (Å²) < 4.78 is 7.14. The van der Waals surface area contributed by atoms with Crippen LogP contribution in [0.15, 0.2) is 85.3 Å². The zero-order chi connectivity index (χ0) is 18.6. The molecule has 4 rings (SSSR count). The minimum atomic E-state index is -0.0606. The second-order valence-corrected chi connectivity index (χ2v) is 6.13. The number of aromatic nitrogens is 2. The van der Waals surface area contributed by atoms with Gasteiger partial charge in [-0.25, -0.2) is 0 Å². The quantitative estimate of drug-likeness (QED) is 0.378. The van der Waals surface area contributed by atoms with Crippen molar-refractivity contribution in [2.24, 2.45) is 0 Å². The Hall–Kier alpha value is -3.66. The smallest absolute Gasteiger partial charge is 0.188 e. The average molecular weight is 354 g/mol. The normalized spacial score (nSPS) is 11.1. The lowest BCUT2D eigenvalue weighted by Crippen LogP contribution is -1.96. The van der Waals surface area contributed by atoms with Crippen molar-refractivity contribution in [1.82, 2.24) is 9.38 Å². The monoisotopic (exact) mass is 354 g/mol. The van der Waals surface area contributed by atoms with Crippen LogP contribution in [0, 0.1) is 0 Å². The fraction of sp³-hybridized carbons (Fsp3) is 0.0435. The number of hydrogen-bond acceptors (Lipinski definition) is 3. The number of rotatable bonds is 5. The van der Waals surface area contributed by atoms with Crippen molar-refractivity contribution < 1.29 is 9.53 Å². The third-order valence-corrected chi connectivity index (χ3v) is 4.40. The fourth-order valence-electron chi connectivity index (χ4n) is 2.98. The first kappa shape index (κ1) is 16.8. The highest BCUT2D eigenvalue weighted by Crippen LogP contribution is 2.20. The highest BCUT2D eigenvalue weighted by Gasteiger charge is 2.10. The molecule has 0 saturated carbocycles. The molecule has 0 spiro atoms. The van der Waals surface area contributed by atoms with Crippen molar-refractivity contribution in [3.8, 4) is 17.0 Å². The van der Waals surface area contributed by atoms with E-state index in [1.165, 1.54) is 0 Å². The molecule has 0 unspecified atom stereocenters. The Bertz CT molecular complexity index is 1130. The van der Waals surface area contributed by atoms with Gasteiger partial charge in [0.2, 0.25) is 0 Å². The van der Waals surface area contributed by atoms with Gasteiger partial charge in [0.25, 0.3) is 0 Å². The van der Waals surface area contributed by atoms with Crippen LogP contribution < -0.4 is 4.74 Å². The minimum absolute atomic E-state index is 0.0606. The van der Waals surface area contributed by atoms with Crippen LogP contribution in [0.2, 0.25) is 0 Å². The zero-order valence-corrected chi connectivity index (χ0v) is 14.9. The molecule has 132 valence electrons. The van der Waals surface area contributed by atoms with Gasteiger partial charge in [-0.3, -0.25) is 9.78 Å². The van der Waals surface area contributed by atoms with Crippen molar-refractivity contribution in [2.45, 2.75) is 0 Å². The maximum absolute atomic E-state index is 12.6. The van der Waals surface area contributed by atoms with E-state index >= 15 is 0 Å². The summed E-state index contributed by atoms with van der Waals surface area (Å²) in [4.78, 5) is 17.2. The summed E-state index contributed by atoms with van der Waals surface area (Å²) in [6.45, 7) is 0. The van der Waals surface area contributed by atoms with Crippen LogP contribution in [-0.4, -0.2) is 22.3 Å². The Labute approximate surface area is 157 Å². The molecule has 0 bridgehead atoms. The number of nitrogens with zero attached hydrogens (tertiary/aromatic N) is 2. The molecule has 0 aliphatic rings. The van der Waals surface area contributed by atoms with Crippen molar-refractivity contribution in [2.75, 3.05) is 7.11 Å². The first-order valence-electron chi connectivity index (χ1n) is 8.63. The molecular formula is C23H18N2O2. The molecular weight excluding hydrogens is 336 g/mol. The maximum Gasteiger partial charge on any atom is 0.188 e. The molecule has 0 saturated heterocycles. The van der Waals surface area contributed by atoms with Crippen molar-refractivity contribution in [3.63, 3.8) is 0 Å². The van der Waals surface area contributed by atoms with Crippen LogP contribution in [0.1, 0.15) is 15.9 Å². The molecule has 0 atom stereocenters. The van der Waals surface area contributed by atoms with E-state index in [0.29, 0.717) is 5.56 Å². The summed E-state index contributed by atoms with van der Waals surface area (Å²) in [6.07, 6.45) is 8.94. The number of ether oxygens (including phenoxy) is 1. The van der Waals surface area contributed by atoms with Gasteiger partial charge >= 0.3 is 0 Å².